The van der Waals surface area contributed by atoms with Gasteiger partial charge < -0.3 is 16.4 Å². The van der Waals surface area contributed by atoms with Crippen LogP contribution in [0.2, 0.25) is 0 Å². The standard InChI is InChI=1S/C18H27N3O2.ClH/c1-11-7-12(2)17(13(3)8-11)21-16(22)10-20-18(23)14-5-4-6-15(19)9-14;/h7-8,14-15H,4-6,9-10,19H2,1-3H3,(H,20,23)(H,21,22);1H. The van der Waals surface area contributed by atoms with Gasteiger partial charge in [-0.25, -0.2) is 0 Å². The Labute approximate surface area is 150 Å². The van der Waals surface area contributed by atoms with Crippen molar-refractivity contribution in [1.29, 1.82) is 0 Å². The average molecular weight is 354 g/mol. The number of hydrogen-bond donors (Lipinski definition) is 3. The Bertz CT molecular complexity index is 581. The molecule has 0 spiro atoms. The van der Waals surface area contributed by atoms with E-state index in [1.807, 2.05) is 32.9 Å². The molecule has 5 nitrogen and oxygen atoms in total. The number of aryl methyl sites for hydroxylation is 3. The highest BCUT2D eigenvalue weighted by atomic mass is 35.5. The quantitative estimate of drug-likeness (QED) is 0.777. The molecule has 2 amide bonds. The molecule has 1 fully saturated rings. The second-order valence-corrected chi connectivity index (χ2v) is 6.66. The van der Waals surface area contributed by atoms with Crippen LogP contribution in [0, 0.1) is 26.7 Å². The molecule has 2 unspecified atom stereocenters. The molecule has 0 aromatic heterocycles. The molecule has 0 radical (unpaired) electrons. The first-order chi connectivity index (χ1) is 10.9. The molecule has 2 rings (SSSR count). The van der Waals surface area contributed by atoms with Gasteiger partial charge in [0.25, 0.3) is 0 Å². The van der Waals surface area contributed by atoms with Gasteiger partial charge >= 0.3 is 0 Å². The average Bonchev–Trinajstić information content (AvgIpc) is 2.48. The number of carbonyl (C=O) groups excluding carboxylic acids is 2. The van der Waals surface area contributed by atoms with Crippen LogP contribution < -0.4 is 16.4 Å². The van der Waals surface area contributed by atoms with E-state index in [0.717, 1.165) is 36.1 Å². The van der Waals surface area contributed by atoms with Gasteiger partial charge in [0, 0.05) is 17.6 Å². The van der Waals surface area contributed by atoms with E-state index in [4.69, 9.17) is 5.73 Å². The number of nitrogens with one attached hydrogen (secondary N) is 2. The maximum absolute atomic E-state index is 12.1. The summed E-state index contributed by atoms with van der Waals surface area (Å²) in [7, 11) is 0. The lowest BCUT2D eigenvalue weighted by Gasteiger charge is -2.25. The Hall–Kier alpha value is -1.59. The summed E-state index contributed by atoms with van der Waals surface area (Å²) in [6.45, 7) is 5.97. The molecule has 0 heterocycles. The molecule has 1 aliphatic carbocycles. The minimum atomic E-state index is -0.200. The van der Waals surface area contributed by atoms with Gasteiger partial charge in [0.05, 0.1) is 6.54 Å². The van der Waals surface area contributed by atoms with Crippen molar-refractivity contribution in [3.8, 4) is 0 Å². The molecule has 1 aromatic rings. The minimum Gasteiger partial charge on any atom is -0.347 e. The summed E-state index contributed by atoms with van der Waals surface area (Å²) in [4.78, 5) is 24.2. The van der Waals surface area contributed by atoms with Crippen molar-refractivity contribution in [3.63, 3.8) is 0 Å². The smallest absolute Gasteiger partial charge is 0.243 e. The van der Waals surface area contributed by atoms with Crippen LogP contribution in [0.25, 0.3) is 0 Å². The van der Waals surface area contributed by atoms with Crippen LogP contribution in [0.4, 0.5) is 5.69 Å². The Morgan fingerprint density at radius 2 is 1.79 bits per heavy atom. The van der Waals surface area contributed by atoms with Crippen LogP contribution in [0.3, 0.4) is 0 Å². The monoisotopic (exact) mass is 353 g/mol. The molecule has 1 saturated carbocycles. The summed E-state index contributed by atoms with van der Waals surface area (Å²) in [6.07, 6.45) is 3.53. The van der Waals surface area contributed by atoms with E-state index in [1.165, 1.54) is 5.56 Å². The number of rotatable bonds is 4. The molecule has 0 bridgehead atoms. The van der Waals surface area contributed by atoms with Crippen LogP contribution in [-0.4, -0.2) is 24.4 Å². The van der Waals surface area contributed by atoms with E-state index in [0.29, 0.717) is 6.42 Å². The van der Waals surface area contributed by atoms with E-state index in [-0.39, 0.29) is 42.7 Å². The van der Waals surface area contributed by atoms with Gasteiger partial charge in [-0.15, -0.1) is 12.4 Å². The van der Waals surface area contributed by atoms with Crippen molar-refractivity contribution in [2.45, 2.75) is 52.5 Å². The van der Waals surface area contributed by atoms with Gasteiger partial charge in [0.1, 0.15) is 0 Å². The summed E-state index contributed by atoms with van der Waals surface area (Å²) in [6, 6.07) is 4.17. The zero-order chi connectivity index (χ0) is 17.0. The molecular formula is C18H28ClN3O2. The summed E-state index contributed by atoms with van der Waals surface area (Å²) in [5.41, 5.74) is 9.96. The molecular weight excluding hydrogens is 326 g/mol. The van der Waals surface area contributed by atoms with E-state index in [1.54, 1.807) is 0 Å². The molecule has 2 atom stereocenters. The van der Waals surface area contributed by atoms with Gasteiger partial charge in [-0.2, -0.15) is 0 Å². The molecule has 4 N–H and O–H groups in total. The number of anilines is 1. The maximum Gasteiger partial charge on any atom is 0.243 e. The Kier molecular flexibility index (Phi) is 7.70. The highest BCUT2D eigenvalue weighted by Crippen LogP contribution is 2.23. The number of benzene rings is 1. The number of nitrogens with two attached hydrogens (primary N) is 1. The number of hydrogen-bond acceptors (Lipinski definition) is 3. The number of carbonyl (C=O) groups is 2. The fourth-order valence-electron chi connectivity index (χ4n) is 3.34. The van der Waals surface area contributed by atoms with Crippen LogP contribution >= 0.6 is 12.4 Å². The molecule has 1 aliphatic rings. The molecule has 1 aromatic carbocycles. The predicted molar refractivity (Wildman–Crippen MR) is 99.5 cm³/mol. The van der Waals surface area contributed by atoms with Crippen molar-refractivity contribution in [2.24, 2.45) is 11.7 Å². The van der Waals surface area contributed by atoms with E-state index in [9.17, 15) is 9.59 Å². The second-order valence-electron chi connectivity index (χ2n) is 6.66. The third-order valence-corrected chi connectivity index (χ3v) is 4.45. The Morgan fingerprint density at radius 3 is 2.38 bits per heavy atom. The zero-order valence-corrected chi connectivity index (χ0v) is 15.5. The van der Waals surface area contributed by atoms with Crippen molar-refractivity contribution in [1.82, 2.24) is 5.32 Å². The highest BCUT2D eigenvalue weighted by Gasteiger charge is 2.25. The molecule has 24 heavy (non-hydrogen) atoms. The van der Waals surface area contributed by atoms with E-state index in [2.05, 4.69) is 10.6 Å². The number of halogens is 1. The van der Waals surface area contributed by atoms with Crippen LogP contribution in [-0.2, 0) is 9.59 Å². The zero-order valence-electron chi connectivity index (χ0n) is 14.6. The fraction of sp³-hybridized carbons (Fsp3) is 0.556. The summed E-state index contributed by atoms with van der Waals surface area (Å²) < 4.78 is 0. The Balaban J connectivity index is 0.00000288. The lowest BCUT2D eigenvalue weighted by molar-refractivity contribution is -0.128. The summed E-state index contributed by atoms with van der Waals surface area (Å²) in [5, 5.41) is 5.63. The predicted octanol–water partition coefficient (Wildman–Crippen LogP) is 2.61. The third kappa shape index (κ3) is 5.49. The topological polar surface area (TPSA) is 84.2 Å². The maximum atomic E-state index is 12.1. The third-order valence-electron chi connectivity index (χ3n) is 4.45. The molecule has 0 aliphatic heterocycles. The summed E-state index contributed by atoms with van der Waals surface area (Å²) in [5.74, 6) is -0.324. The molecule has 6 heteroatoms. The minimum absolute atomic E-state index is 0. The molecule has 0 saturated heterocycles. The van der Waals surface area contributed by atoms with Crippen molar-refractivity contribution >= 4 is 29.9 Å². The van der Waals surface area contributed by atoms with Gasteiger partial charge in [0.2, 0.25) is 11.8 Å². The van der Waals surface area contributed by atoms with Crippen LogP contribution in [0.5, 0.6) is 0 Å². The fourth-order valence-corrected chi connectivity index (χ4v) is 3.34. The summed E-state index contributed by atoms with van der Waals surface area (Å²) >= 11 is 0. The van der Waals surface area contributed by atoms with Crippen LogP contribution in [0.1, 0.15) is 42.4 Å². The van der Waals surface area contributed by atoms with Gasteiger partial charge in [-0.3, -0.25) is 9.59 Å². The van der Waals surface area contributed by atoms with Gasteiger partial charge in [-0.1, -0.05) is 24.1 Å². The molecule has 134 valence electrons. The van der Waals surface area contributed by atoms with Crippen molar-refractivity contribution in [3.05, 3.63) is 28.8 Å². The number of amides is 2. The highest BCUT2D eigenvalue weighted by molar-refractivity contribution is 5.96. The van der Waals surface area contributed by atoms with Gasteiger partial charge in [0.15, 0.2) is 0 Å². The lowest BCUT2D eigenvalue weighted by atomic mass is 9.85. The first-order valence-corrected chi connectivity index (χ1v) is 8.28. The lowest BCUT2D eigenvalue weighted by Crippen LogP contribution is -2.40. The second kappa shape index (κ2) is 9.04. The van der Waals surface area contributed by atoms with Crippen molar-refractivity contribution in [2.75, 3.05) is 11.9 Å². The normalized spacial score (nSPS) is 20.0. The first kappa shape index (κ1) is 20.5. The van der Waals surface area contributed by atoms with Gasteiger partial charge in [-0.05, 0) is 51.2 Å². The van der Waals surface area contributed by atoms with Crippen LogP contribution in [0.15, 0.2) is 12.1 Å². The SMILES string of the molecule is Cc1cc(C)c(NC(=O)CNC(=O)C2CCCC(N)C2)c(C)c1.Cl. The van der Waals surface area contributed by atoms with E-state index >= 15 is 0 Å². The van der Waals surface area contributed by atoms with Crippen molar-refractivity contribution < 1.29 is 9.59 Å². The largest absolute Gasteiger partial charge is 0.347 e. The Morgan fingerprint density at radius 1 is 1.17 bits per heavy atom. The van der Waals surface area contributed by atoms with E-state index < -0.39 is 0 Å². The first-order valence-electron chi connectivity index (χ1n) is 8.28.